The molecule has 0 saturated carbocycles. The smallest absolute Gasteiger partial charge is 0.400 e. The molecule has 0 atom stereocenters. The Morgan fingerprint density at radius 1 is 1.06 bits per heavy atom. The summed E-state index contributed by atoms with van der Waals surface area (Å²) >= 11 is 0. The van der Waals surface area contributed by atoms with Crippen molar-refractivity contribution in [3.05, 3.63) is 11.5 Å². The second kappa shape index (κ2) is 5.58. The molecule has 3 heteroatoms. The Bertz CT molecular complexity index is 266. The van der Waals surface area contributed by atoms with E-state index in [9.17, 15) is 0 Å². The van der Waals surface area contributed by atoms with Crippen LogP contribution in [-0.2, 0) is 9.31 Å². The predicted octanol–water partition coefficient (Wildman–Crippen LogP) is 4.14. The van der Waals surface area contributed by atoms with E-state index in [0.29, 0.717) is 0 Å². The summed E-state index contributed by atoms with van der Waals surface area (Å²) in [5.41, 5.74) is 0.756. The fraction of sp³-hybridized carbons (Fsp3) is 0.857. The Morgan fingerprint density at radius 3 is 2.06 bits per heavy atom. The van der Waals surface area contributed by atoms with Crippen LogP contribution in [0.5, 0.6) is 0 Å². The molecule has 17 heavy (non-hydrogen) atoms. The van der Waals surface area contributed by atoms with E-state index in [1.165, 1.54) is 24.7 Å². The summed E-state index contributed by atoms with van der Waals surface area (Å²) in [6.07, 6.45) is 7.21. The molecule has 0 spiro atoms. The second-order valence-corrected chi connectivity index (χ2v) is 6.03. The molecule has 0 N–H and O–H groups in total. The van der Waals surface area contributed by atoms with E-state index in [-0.39, 0.29) is 18.3 Å². The van der Waals surface area contributed by atoms with Gasteiger partial charge in [0, 0.05) is 0 Å². The van der Waals surface area contributed by atoms with Gasteiger partial charge < -0.3 is 9.31 Å². The van der Waals surface area contributed by atoms with E-state index < -0.39 is 0 Å². The van der Waals surface area contributed by atoms with Gasteiger partial charge in [-0.05, 0) is 52.9 Å². The van der Waals surface area contributed by atoms with Crippen molar-refractivity contribution in [2.24, 2.45) is 0 Å². The fourth-order valence-corrected chi connectivity index (χ4v) is 1.85. The highest BCUT2D eigenvalue weighted by atomic mass is 16.7. The molecule has 0 aromatic rings. The van der Waals surface area contributed by atoms with Crippen LogP contribution in [0.15, 0.2) is 11.5 Å². The summed E-state index contributed by atoms with van der Waals surface area (Å²) in [4.78, 5) is 0. The topological polar surface area (TPSA) is 18.5 Å². The largest absolute Gasteiger partial charge is 0.489 e. The van der Waals surface area contributed by atoms with E-state index in [4.69, 9.17) is 9.31 Å². The van der Waals surface area contributed by atoms with E-state index in [0.717, 1.165) is 6.42 Å². The van der Waals surface area contributed by atoms with Gasteiger partial charge in [0.1, 0.15) is 0 Å². The fourth-order valence-electron chi connectivity index (χ4n) is 1.85. The summed E-state index contributed by atoms with van der Waals surface area (Å²) in [6, 6.07) is 0. The molecule has 0 aliphatic carbocycles. The van der Waals surface area contributed by atoms with E-state index in [2.05, 4.69) is 47.6 Å². The monoisotopic (exact) mass is 238 g/mol. The highest BCUT2D eigenvalue weighted by molar-refractivity contribution is 6.54. The summed E-state index contributed by atoms with van der Waals surface area (Å²) in [5.74, 6) is 0. The van der Waals surface area contributed by atoms with Gasteiger partial charge in [-0.3, -0.25) is 0 Å². The average molecular weight is 238 g/mol. The quantitative estimate of drug-likeness (QED) is 0.529. The van der Waals surface area contributed by atoms with Crippen molar-refractivity contribution in [3.63, 3.8) is 0 Å². The molecular weight excluding hydrogens is 211 g/mol. The zero-order chi connectivity index (χ0) is 13.1. The first-order valence-electron chi connectivity index (χ1n) is 6.82. The van der Waals surface area contributed by atoms with Crippen LogP contribution in [0.1, 0.15) is 67.2 Å². The Balaban J connectivity index is 2.53. The van der Waals surface area contributed by atoms with E-state index >= 15 is 0 Å². The van der Waals surface area contributed by atoms with Crippen molar-refractivity contribution in [1.29, 1.82) is 0 Å². The molecular formula is C14H27BO2. The summed E-state index contributed by atoms with van der Waals surface area (Å²) < 4.78 is 12.0. The highest BCUT2D eigenvalue weighted by Gasteiger charge is 2.51. The zero-order valence-electron chi connectivity index (χ0n) is 12.3. The first-order valence-corrected chi connectivity index (χ1v) is 6.82. The number of unbranched alkanes of at least 4 members (excludes halogenated alkanes) is 3. The molecule has 0 bridgehead atoms. The Kier molecular flexibility index (Phi) is 4.85. The van der Waals surface area contributed by atoms with Crippen LogP contribution in [-0.4, -0.2) is 18.3 Å². The van der Waals surface area contributed by atoms with Crippen molar-refractivity contribution < 1.29 is 9.31 Å². The van der Waals surface area contributed by atoms with Crippen LogP contribution in [0.25, 0.3) is 0 Å². The first-order chi connectivity index (χ1) is 7.80. The van der Waals surface area contributed by atoms with Gasteiger partial charge >= 0.3 is 7.12 Å². The molecule has 1 heterocycles. The van der Waals surface area contributed by atoms with Crippen LogP contribution < -0.4 is 0 Å². The molecule has 2 nitrogen and oxygen atoms in total. The molecule has 1 fully saturated rings. The maximum absolute atomic E-state index is 5.99. The van der Waals surface area contributed by atoms with Crippen molar-refractivity contribution in [1.82, 2.24) is 0 Å². The average Bonchev–Trinajstić information content (AvgIpc) is 2.43. The van der Waals surface area contributed by atoms with Crippen molar-refractivity contribution in [2.75, 3.05) is 0 Å². The van der Waals surface area contributed by atoms with Gasteiger partial charge in [0.25, 0.3) is 0 Å². The van der Waals surface area contributed by atoms with Gasteiger partial charge in [-0.25, -0.2) is 0 Å². The molecule has 1 rings (SSSR count). The third-order valence-electron chi connectivity index (χ3n) is 3.90. The Morgan fingerprint density at radius 2 is 1.59 bits per heavy atom. The van der Waals surface area contributed by atoms with Crippen molar-refractivity contribution in [2.45, 2.75) is 78.4 Å². The number of hydrogen-bond donors (Lipinski definition) is 0. The molecule has 1 aliphatic rings. The molecule has 0 unspecified atom stereocenters. The minimum Gasteiger partial charge on any atom is -0.400 e. The van der Waals surface area contributed by atoms with Gasteiger partial charge in [0.2, 0.25) is 0 Å². The minimum absolute atomic E-state index is 0.165. The van der Waals surface area contributed by atoms with Gasteiger partial charge in [-0.2, -0.15) is 0 Å². The lowest BCUT2D eigenvalue weighted by Gasteiger charge is -2.32. The Hall–Kier alpha value is -0.275. The van der Waals surface area contributed by atoms with Crippen LogP contribution in [0.2, 0.25) is 0 Å². The van der Waals surface area contributed by atoms with Gasteiger partial charge in [-0.1, -0.05) is 25.8 Å². The second-order valence-electron chi connectivity index (χ2n) is 6.03. The third-order valence-corrected chi connectivity index (χ3v) is 3.90. The summed E-state index contributed by atoms with van der Waals surface area (Å²) in [6.45, 7) is 12.7. The molecule has 0 radical (unpaired) electrons. The first kappa shape index (κ1) is 14.8. The summed E-state index contributed by atoms with van der Waals surface area (Å²) in [5, 5.41) is 0. The minimum atomic E-state index is -0.226. The number of allylic oxidation sites excluding steroid dienone is 2. The third kappa shape index (κ3) is 3.59. The lowest BCUT2D eigenvalue weighted by molar-refractivity contribution is 0.00578. The Labute approximate surface area is 107 Å². The van der Waals surface area contributed by atoms with Crippen molar-refractivity contribution >= 4 is 7.12 Å². The lowest BCUT2D eigenvalue weighted by atomic mass is 9.79. The predicted molar refractivity (Wildman–Crippen MR) is 74.0 cm³/mol. The highest BCUT2D eigenvalue weighted by Crippen LogP contribution is 2.38. The van der Waals surface area contributed by atoms with Crippen LogP contribution in [0, 0.1) is 0 Å². The standard InChI is InChI=1S/C14H27BO2/c1-7-8-9-10-11-12(2)15-16-13(3,4)14(5,6)17-15/h11H,7-10H2,1-6H3/b12-11+. The van der Waals surface area contributed by atoms with Crippen molar-refractivity contribution in [3.8, 4) is 0 Å². The summed E-state index contributed by atoms with van der Waals surface area (Å²) in [7, 11) is -0.165. The van der Waals surface area contributed by atoms with Crippen LogP contribution in [0.4, 0.5) is 0 Å². The van der Waals surface area contributed by atoms with Gasteiger partial charge in [0.05, 0.1) is 11.2 Å². The molecule has 0 aromatic carbocycles. The van der Waals surface area contributed by atoms with Gasteiger partial charge in [0.15, 0.2) is 0 Å². The number of rotatable bonds is 5. The van der Waals surface area contributed by atoms with Gasteiger partial charge in [-0.15, -0.1) is 0 Å². The maximum Gasteiger partial charge on any atom is 0.489 e. The lowest BCUT2D eigenvalue weighted by Crippen LogP contribution is -2.41. The number of hydrogen-bond acceptors (Lipinski definition) is 2. The molecule has 0 aromatic heterocycles. The van der Waals surface area contributed by atoms with Crippen LogP contribution in [0.3, 0.4) is 0 Å². The maximum atomic E-state index is 5.99. The zero-order valence-corrected chi connectivity index (χ0v) is 12.3. The normalized spacial score (nSPS) is 23.2. The van der Waals surface area contributed by atoms with E-state index in [1.807, 2.05) is 0 Å². The SMILES string of the molecule is CCCCC/C=C(\C)B1OC(C)(C)C(C)(C)O1. The molecule has 0 amide bonds. The van der Waals surface area contributed by atoms with E-state index in [1.54, 1.807) is 0 Å². The molecule has 1 saturated heterocycles. The van der Waals surface area contributed by atoms with Crippen LogP contribution >= 0.6 is 0 Å². The molecule has 98 valence electrons. The molecule has 1 aliphatic heterocycles.